The number of aromatic nitrogens is 2. The highest BCUT2D eigenvalue weighted by molar-refractivity contribution is 8.01. The number of nitrogens with one attached hydrogen (secondary N) is 1. The normalized spacial score (nSPS) is 11.0. The number of benzene rings is 2. The van der Waals surface area contributed by atoms with Gasteiger partial charge in [0.1, 0.15) is 0 Å². The van der Waals surface area contributed by atoms with E-state index in [9.17, 15) is 4.79 Å². The van der Waals surface area contributed by atoms with Crippen LogP contribution in [-0.4, -0.2) is 21.6 Å². The van der Waals surface area contributed by atoms with E-state index in [1.807, 2.05) is 53.9 Å². The molecule has 0 spiro atoms. The van der Waals surface area contributed by atoms with E-state index in [0.29, 0.717) is 15.9 Å². The maximum Gasteiger partial charge on any atom is 0.236 e. The first kappa shape index (κ1) is 17.5. The van der Waals surface area contributed by atoms with Crippen LogP contribution in [0.15, 0.2) is 58.3 Å². The van der Waals surface area contributed by atoms with E-state index in [2.05, 4.69) is 15.3 Å². The predicted octanol–water partition coefficient (Wildman–Crippen LogP) is 5.80. The smallest absolute Gasteiger partial charge is 0.236 e. The molecule has 0 bridgehead atoms. The summed E-state index contributed by atoms with van der Waals surface area (Å²) in [5.74, 6) is 0.209. The Morgan fingerprint density at radius 1 is 1.12 bits per heavy atom. The van der Waals surface area contributed by atoms with Crippen molar-refractivity contribution >= 4 is 67.3 Å². The van der Waals surface area contributed by atoms with Crippen LogP contribution >= 0.6 is 46.0 Å². The molecule has 0 atom stereocenters. The Kier molecular flexibility index (Phi) is 5.21. The molecule has 4 rings (SSSR count). The lowest BCUT2D eigenvalue weighted by atomic mass is 10.2. The van der Waals surface area contributed by atoms with Crippen LogP contribution < -0.4 is 5.32 Å². The summed E-state index contributed by atoms with van der Waals surface area (Å²) in [4.78, 5) is 21.2. The van der Waals surface area contributed by atoms with Gasteiger partial charge in [0, 0.05) is 16.0 Å². The summed E-state index contributed by atoms with van der Waals surface area (Å²) in [6, 6.07) is 15.4. The van der Waals surface area contributed by atoms with Crippen molar-refractivity contribution in [1.82, 2.24) is 9.97 Å². The van der Waals surface area contributed by atoms with Gasteiger partial charge in [0.25, 0.3) is 0 Å². The number of thioether (sulfide) groups is 1. The van der Waals surface area contributed by atoms with Crippen molar-refractivity contribution in [2.75, 3.05) is 11.1 Å². The summed E-state index contributed by atoms with van der Waals surface area (Å²) in [7, 11) is 0. The highest BCUT2D eigenvalue weighted by Crippen LogP contribution is 2.29. The minimum Gasteiger partial charge on any atom is -0.301 e. The minimum atomic E-state index is -0.0858. The zero-order valence-corrected chi connectivity index (χ0v) is 16.5. The van der Waals surface area contributed by atoms with Crippen molar-refractivity contribution < 1.29 is 4.79 Å². The first-order valence-electron chi connectivity index (χ1n) is 7.67. The zero-order valence-electron chi connectivity index (χ0n) is 13.3. The van der Waals surface area contributed by atoms with Crippen LogP contribution in [0.25, 0.3) is 21.5 Å². The van der Waals surface area contributed by atoms with Crippen LogP contribution in [0.2, 0.25) is 5.02 Å². The number of rotatable bonds is 5. The number of hydrogen-bond acceptors (Lipinski definition) is 6. The van der Waals surface area contributed by atoms with Crippen molar-refractivity contribution in [2.45, 2.75) is 4.34 Å². The van der Waals surface area contributed by atoms with Crippen molar-refractivity contribution in [3.8, 4) is 11.3 Å². The molecular weight excluding hydrogens is 406 g/mol. The third-order valence-corrected chi connectivity index (χ3v) is 6.71. The highest BCUT2D eigenvalue weighted by atomic mass is 35.5. The first-order valence-corrected chi connectivity index (χ1v) is 10.7. The van der Waals surface area contributed by atoms with Gasteiger partial charge in [-0.05, 0) is 24.3 Å². The van der Waals surface area contributed by atoms with Gasteiger partial charge in [-0.15, -0.1) is 11.3 Å². The van der Waals surface area contributed by atoms with Crippen molar-refractivity contribution in [1.29, 1.82) is 0 Å². The molecule has 0 radical (unpaired) electrons. The molecule has 26 heavy (non-hydrogen) atoms. The van der Waals surface area contributed by atoms with Gasteiger partial charge in [0.15, 0.2) is 9.47 Å². The number of carbonyl (C=O) groups is 1. The fourth-order valence-electron chi connectivity index (χ4n) is 2.29. The summed E-state index contributed by atoms with van der Waals surface area (Å²) in [6.07, 6.45) is 0. The first-order chi connectivity index (χ1) is 12.7. The average Bonchev–Trinajstić information content (AvgIpc) is 3.27. The van der Waals surface area contributed by atoms with Gasteiger partial charge in [-0.1, -0.05) is 59.0 Å². The van der Waals surface area contributed by atoms with Gasteiger partial charge in [0.05, 0.1) is 21.7 Å². The highest BCUT2D eigenvalue weighted by Gasteiger charge is 2.10. The molecule has 0 saturated heterocycles. The number of thiazole rings is 2. The summed E-state index contributed by atoms with van der Waals surface area (Å²) in [5.41, 5.74) is 2.80. The molecule has 2 aromatic carbocycles. The maximum absolute atomic E-state index is 12.2. The van der Waals surface area contributed by atoms with Gasteiger partial charge in [-0.25, -0.2) is 9.97 Å². The van der Waals surface area contributed by atoms with Gasteiger partial charge >= 0.3 is 0 Å². The predicted molar refractivity (Wildman–Crippen MR) is 112 cm³/mol. The maximum atomic E-state index is 12.2. The average molecular weight is 418 g/mol. The lowest BCUT2D eigenvalue weighted by Gasteiger charge is -1.99. The molecule has 1 amide bonds. The fourth-order valence-corrected chi connectivity index (χ4v) is 4.93. The molecule has 0 aliphatic rings. The Labute approximate surface area is 167 Å². The minimum absolute atomic E-state index is 0.0858. The molecule has 0 fully saturated rings. The molecule has 130 valence electrons. The molecule has 0 saturated carbocycles. The number of anilines is 1. The number of para-hydroxylation sites is 1. The molecule has 2 aromatic heterocycles. The Morgan fingerprint density at radius 2 is 1.92 bits per heavy atom. The van der Waals surface area contributed by atoms with Crippen LogP contribution in [0.4, 0.5) is 5.13 Å². The van der Waals surface area contributed by atoms with Crippen molar-refractivity contribution in [2.24, 2.45) is 0 Å². The third kappa shape index (κ3) is 4.07. The lowest BCUT2D eigenvalue weighted by molar-refractivity contribution is -0.113. The number of hydrogen-bond donors (Lipinski definition) is 1. The van der Waals surface area contributed by atoms with Gasteiger partial charge < -0.3 is 5.32 Å². The fraction of sp³-hybridized carbons (Fsp3) is 0.0556. The van der Waals surface area contributed by atoms with Crippen molar-refractivity contribution in [3.63, 3.8) is 0 Å². The number of fused-ring (bicyclic) bond motifs is 1. The molecule has 4 nitrogen and oxygen atoms in total. The molecule has 2 heterocycles. The molecule has 4 aromatic rings. The summed E-state index contributed by atoms with van der Waals surface area (Å²) < 4.78 is 1.91. The topological polar surface area (TPSA) is 54.9 Å². The van der Waals surface area contributed by atoms with E-state index in [1.54, 1.807) is 0 Å². The van der Waals surface area contributed by atoms with E-state index in [0.717, 1.165) is 25.8 Å². The van der Waals surface area contributed by atoms with E-state index in [1.165, 1.54) is 34.4 Å². The van der Waals surface area contributed by atoms with Gasteiger partial charge in [-0.3, -0.25) is 4.79 Å². The number of halogens is 1. The quantitative estimate of drug-likeness (QED) is 0.416. The van der Waals surface area contributed by atoms with E-state index < -0.39 is 0 Å². The molecule has 8 heteroatoms. The van der Waals surface area contributed by atoms with E-state index in [-0.39, 0.29) is 5.91 Å². The standard InChI is InChI=1S/C18H12ClN3OS3/c19-12-7-5-11(6-8-12)14-9-24-18(21-14)25-10-16(23)22-17-20-13-3-1-2-4-15(13)26-17/h1-9H,10H2,(H,20,22,23). The van der Waals surface area contributed by atoms with E-state index >= 15 is 0 Å². The second kappa shape index (κ2) is 7.75. The van der Waals surface area contributed by atoms with Crippen LogP contribution in [0.1, 0.15) is 0 Å². The second-order valence-corrected chi connectivity index (χ2v) is 8.88. The molecule has 0 unspecified atom stereocenters. The second-order valence-electron chi connectivity index (χ2n) is 5.33. The number of amides is 1. The zero-order chi connectivity index (χ0) is 17.9. The summed E-state index contributed by atoms with van der Waals surface area (Å²) in [6.45, 7) is 0. The Morgan fingerprint density at radius 3 is 2.73 bits per heavy atom. The molecule has 0 aliphatic heterocycles. The number of nitrogens with zero attached hydrogens (tertiary/aromatic N) is 2. The van der Waals surface area contributed by atoms with Crippen molar-refractivity contribution in [3.05, 3.63) is 58.9 Å². The molecule has 0 aliphatic carbocycles. The Bertz CT molecular complexity index is 1030. The largest absolute Gasteiger partial charge is 0.301 e. The molecular formula is C18H12ClN3OS3. The van der Waals surface area contributed by atoms with Gasteiger partial charge in [-0.2, -0.15) is 0 Å². The molecule has 1 N–H and O–H groups in total. The Balaban J connectivity index is 1.36. The SMILES string of the molecule is O=C(CSc1nc(-c2ccc(Cl)cc2)cs1)Nc1nc2ccccc2s1. The Hall–Kier alpha value is -1.93. The van der Waals surface area contributed by atoms with E-state index in [4.69, 9.17) is 11.6 Å². The van der Waals surface area contributed by atoms with Crippen LogP contribution in [-0.2, 0) is 4.79 Å². The van der Waals surface area contributed by atoms with Crippen LogP contribution in [0, 0.1) is 0 Å². The monoisotopic (exact) mass is 417 g/mol. The lowest BCUT2D eigenvalue weighted by Crippen LogP contribution is -2.13. The van der Waals surface area contributed by atoms with Crippen LogP contribution in [0.5, 0.6) is 0 Å². The summed E-state index contributed by atoms with van der Waals surface area (Å²) in [5, 5.41) is 6.16. The number of carbonyl (C=O) groups excluding carboxylic acids is 1. The van der Waals surface area contributed by atoms with Gasteiger partial charge in [0.2, 0.25) is 5.91 Å². The summed E-state index contributed by atoms with van der Waals surface area (Å²) >= 11 is 10.3. The third-order valence-electron chi connectivity index (χ3n) is 3.49. The van der Waals surface area contributed by atoms with Crippen LogP contribution in [0.3, 0.4) is 0 Å².